The molecule has 0 bridgehead atoms. The number of hydrogen-bond acceptors (Lipinski definition) is 4. The molecule has 0 spiro atoms. The van der Waals surface area contributed by atoms with E-state index in [1.165, 1.54) is 31.2 Å². The van der Waals surface area contributed by atoms with Crippen LogP contribution in [0.5, 0.6) is 5.75 Å². The molecule has 0 atom stereocenters. The molecule has 0 unspecified atom stereocenters. The summed E-state index contributed by atoms with van der Waals surface area (Å²) in [5, 5.41) is 10.6. The van der Waals surface area contributed by atoms with Crippen molar-refractivity contribution in [3.8, 4) is 5.75 Å². The summed E-state index contributed by atoms with van der Waals surface area (Å²) >= 11 is 0. The van der Waals surface area contributed by atoms with Gasteiger partial charge in [0.25, 0.3) is 5.91 Å². The van der Waals surface area contributed by atoms with Crippen LogP contribution in [-0.2, 0) is 9.59 Å². The Morgan fingerprint density at radius 2 is 1.82 bits per heavy atom. The number of rotatable bonds is 4. The number of carbonyl (C=O) groups excluding carboxylic acids is 2. The van der Waals surface area contributed by atoms with E-state index in [-0.39, 0.29) is 0 Å². The van der Waals surface area contributed by atoms with Crippen molar-refractivity contribution in [3.05, 3.63) is 29.8 Å². The third-order valence-electron chi connectivity index (χ3n) is 1.78. The number of nitrogens with one attached hydrogen (secondary N) is 1. The number of ether oxygens (including phenoxy) is 1. The molecule has 0 radical (unpaired) electrons. The van der Waals surface area contributed by atoms with Gasteiger partial charge in [0, 0.05) is 12.5 Å². The number of carboxylic acids is 1. The van der Waals surface area contributed by atoms with Crippen LogP contribution < -0.4 is 10.1 Å². The SMILES string of the molecule is CC(=O)Oc1ccc(C(=O)NCC(=O)O)cc1. The Bertz CT molecular complexity index is 438. The Morgan fingerprint density at radius 1 is 1.24 bits per heavy atom. The average Bonchev–Trinajstić information content (AvgIpc) is 2.26. The molecule has 0 aliphatic carbocycles. The molecule has 1 rings (SSSR count). The topological polar surface area (TPSA) is 92.7 Å². The van der Waals surface area contributed by atoms with Gasteiger partial charge in [-0.1, -0.05) is 0 Å². The summed E-state index contributed by atoms with van der Waals surface area (Å²) in [6.07, 6.45) is 0. The Morgan fingerprint density at radius 3 is 2.29 bits per heavy atom. The normalized spacial score (nSPS) is 9.47. The smallest absolute Gasteiger partial charge is 0.322 e. The molecule has 0 saturated carbocycles. The summed E-state index contributed by atoms with van der Waals surface area (Å²) in [5.74, 6) is -1.74. The molecule has 0 fully saturated rings. The summed E-state index contributed by atoms with van der Waals surface area (Å²) in [6, 6.07) is 5.79. The van der Waals surface area contributed by atoms with E-state index in [4.69, 9.17) is 9.84 Å². The molecule has 0 aromatic heterocycles. The second-order valence-corrected chi connectivity index (χ2v) is 3.19. The van der Waals surface area contributed by atoms with E-state index >= 15 is 0 Å². The van der Waals surface area contributed by atoms with Gasteiger partial charge in [-0.25, -0.2) is 0 Å². The maximum absolute atomic E-state index is 11.4. The fourth-order valence-corrected chi connectivity index (χ4v) is 1.10. The highest BCUT2D eigenvalue weighted by molar-refractivity contribution is 5.95. The highest BCUT2D eigenvalue weighted by atomic mass is 16.5. The molecule has 0 heterocycles. The number of carbonyl (C=O) groups is 3. The molecule has 0 aliphatic rings. The van der Waals surface area contributed by atoms with Crippen LogP contribution in [0.1, 0.15) is 17.3 Å². The quantitative estimate of drug-likeness (QED) is 0.585. The van der Waals surface area contributed by atoms with E-state index in [0.717, 1.165) is 0 Å². The van der Waals surface area contributed by atoms with Crippen molar-refractivity contribution in [2.24, 2.45) is 0 Å². The van der Waals surface area contributed by atoms with Crippen LogP contribution in [0.3, 0.4) is 0 Å². The lowest BCUT2D eigenvalue weighted by atomic mass is 10.2. The second kappa shape index (κ2) is 5.64. The number of hydrogen-bond donors (Lipinski definition) is 2. The van der Waals surface area contributed by atoms with E-state index in [1.54, 1.807) is 0 Å². The third-order valence-corrected chi connectivity index (χ3v) is 1.78. The van der Waals surface area contributed by atoms with Gasteiger partial charge in [-0.15, -0.1) is 0 Å². The highest BCUT2D eigenvalue weighted by Gasteiger charge is 2.07. The van der Waals surface area contributed by atoms with Gasteiger partial charge < -0.3 is 15.2 Å². The molecule has 17 heavy (non-hydrogen) atoms. The molecule has 0 aliphatic heterocycles. The summed E-state index contributed by atoms with van der Waals surface area (Å²) in [5.41, 5.74) is 0.294. The van der Waals surface area contributed by atoms with E-state index in [0.29, 0.717) is 11.3 Å². The number of esters is 1. The second-order valence-electron chi connectivity index (χ2n) is 3.19. The summed E-state index contributed by atoms with van der Waals surface area (Å²) in [4.78, 5) is 32.3. The van der Waals surface area contributed by atoms with Crippen molar-refractivity contribution in [1.29, 1.82) is 0 Å². The van der Waals surface area contributed by atoms with Crippen LogP contribution in [0.4, 0.5) is 0 Å². The minimum atomic E-state index is -1.12. The van der Waals surface area contributed by atoms with Gasteiger partial charge >= 0.3 is 11.9 Å². The molecule has 6 heteroatoms. The first kappa shape index (κ1) is 12.7. The lowest BCUT2D eigenvalue weighted by molar-refractivity contribution is -0.136. The zero-order valence-corrected chi connectivity index (χ0v) is 9.10. The van der Waals surface area contributed by atoms with Crippen LogP contribution in [0, 0.1) is 0 Å². The minimum absolute atomic E-state index is 0.294. The van der Waals surface area contributed by atoms with Crippen LogP contribution >= 0.6 is 0 Å². The summed E-state index contributed by atoms with van der Waals surface area (Å²) < 4.78 is 4.78. The van der Waals surface area contributed by atoms with Gasteiger partial charge in [0.05, 0.1) is 0 Å². The predicted molar refractivity (Wildman–Crippen MR) is 57.7 cm³/mol. The monoisotopic (exact) mass is 237 g/mol. The maximum Gasteiger partial charge on any atom is 0.322 e. The van der Waals surface area contributed by atoms with E-state index in [1.807, 2.05) is 0 Å². The van der Waals surface area contributed by atoms with Crippen LogP contribution in [0.25, 0.3) is 0 Å². The molecule has 1 aromatic rings. The number of amides is 1. The van der Waals surface area contributed by atoms with Gasteiger partial charge in [-0.05, 0) is 24.3 Å². The largest absolute Gasteiger partial charge is 0.480 e. The summed E-state index contributed by atoms with van der Waals surface area (Å²) in [7, 11) is 0. The Hall–Kier alpha value is -2.37. The Balaban J connectivity index is 2.63. The molecule has 90 valence electrons. The maximum atomic E-state index is 11.4. The molecule has 1 aromatic carbocycles. The molecular weight excluding hydrogens is 226 g/mol. The number of aliphatic carboxylic acids is 1. The van der Waals surface area contributed by atoms with Gasteiger partial charge in [0.1, 0.15) is 12.3 Å². The third kappa shape index (κ3) is 4.33. The minimum Gasteiger partial charge on any atom is -0.480 e. The van der Waals surface area contributed by atoms with E-state index < -0.39 is 24.4 Å². The van der Waals surface area contributed by atoms with Crippen molar-refractivity contribution in [2.45, 2.75) is 6.92 Å². The number of benzene rings is 1. The van der Waals surface area contributed by atoms with Gasteiger partial charge in [-0.2, -0.15) is 0 Å². The lowest BCUT2D eigenvalue weighted by Crippen LogP contribution is -2.29. The zero-order chi connectivity index (χ0) is 12.8. The zero-order valence-electron chi connectivity index (χ0n) is 9.10. The van der Waals surface area contributed by atoms with Crippen LogP contribution in [0.2, 0.25) is 0 Å². The fourth-order valence-electron chi connectivity index (χ4n) is 1.10. The first-order chi connectivity index (χ1) is 7.99. The average molecular weight is 237 g/mol. The number of carboxylic acid groups (broad SMARTS) is 1. The molecule has 0 saturated heterocycles. The molecular formula is C11H11NO5. The molecule has 6 nitrogen and oxygen atoms in total. The first-order valence-corrected chi connectivity index (χ1v) is 4.77. The Labute approximate surface area is 97.2 Å². The Kier molecular flexibility index (Phi) is 4.21. The van der Waals surface area contributed by atoms with Gasteiger partial charge in [-0.3, -0.25) is 14.4 Å². The lowest BCUT2D eigenvalue weighted by Gasteiger charge is -2.04. The van der Waals surface area contributed by atoms with Crippen molar-refractivity contribution in [1.82, 2.24) is 5.32 Å². The van der Waals surface area contributed by atoms with Gasteiger partial charge in [0.2, 0.25) is 0 Å². The van der Waals surface area contributed by atoms with Crippen molar-refractivity contribution in [2.75, 3.05) is 6.54 Å². The van der Waals surface area contributed by atoms with Crippen molar-refractivity contribution in [3.63, 3.8) is 0 Å². The molecule has 2 N–H and O–H groups in total. The predicted octanol–water partition coefficient (Wildman–Crippen LogP) is 0.426. The van der Waals surface area contributed by atoms with Crippen LogP contribution in [-0.4, -0.2) is 29.5 Å². The standard InChI is InChI=1S/C11H11NO5/c1-7(13)17-9-4-2-8(3-5-9)11(16)12-6-10(14)15/h2-5H,6H2,1H3,(H,12,16)(H,14,15). The van der Waals surface area contributed by atoms with Crippen molar-refractivity contribution >= 4 is 17.8 Å². The van der Waals surface area contributed by atoms with Gasteiger partial charge in [0.15, 0.2) is 0 Å². The van der Waals surface area contributed by atoms with Crippen molar-refractivity contribution < 1.29 is 24.2 Å². The highest BCUT2D eigenvalue weighted by Crippen LogP contribution is 2.12. The van der Waals surface area contributed by atoms with Crippen LogP contribution in [0.15, 0.2) is 24.3 Å². The first-order valence-electron chi connectivity index (χ1n) is 4.77. The van der Waals surface area contributed by atoms with E-state index in [9.17, 15) is 14.4 Å². The molecule has 1 amide bonds. The summed E-state index contributed by atoms with van der Waals surface area (Å²) in [6.45, 7) is 0.831. The fraction of sp³-hybridized carbons (Fsp3) is 0.182. The van der Waals surface area contributed by atoms with E-state index in [2.05, 4.69) is 5.32 Å².